The van der Waals surface area contributed by atoms with Gasteiger partial charge in [0.05, 0.1) is 0 Å². The van der Waals surface area contributed by atoms with E-state index in [-0.39, 0.29) is 0 Å². The molecule has 0 saturated carbocycles. The lowest BCUT2D eigenvalue weighted by molar-refractivity contribution is 0.282. The van der Waals surface area contributed by atoms with Gasteiger partial charge in [-0.1, -0.05) is 65.2 Å². The van der Waals surface area contributed by atoms with Crippen LogP contribution in [0.2, 0.25) is 0 Å². The Morgan fingerprint density at radius 1 is 0.714 bits per heavy atom. The summed E-state index contributed by atoms with van der Waals surface area (Å²) in [4.78, 5) is 0. The average Bonchev–Trinajstić information content (AvgIpc) is 2.15. The van der Waals surface area contributed by atoms with Crippen molar-refractivity contribution < 1.29 is 5.11 Å². The maximum absolute atomic E-state index is 8.59. The summed E-state index contributed by atoms with van der Waals surface area (Å²) in [5, 5.41) is 8.59. The quantitative estimate of drug-likeness (QED) is 0.525. The number of unbranched alkanes of at least 4 members (excludes halogenated alkanes) is 7. The molecule has 0 radical (unpaired) electrons. The Hall–Kier alpha value is -0.0400. The van der Waals surface area contributed by atoms with Crippen molar-refractivity contribution in [3.63, 3.8) is 0 Å². The van der Waals surface area contributed by atoms with Crippen molar-refractivity contribution in [1.82, 2.24) is 0 Å². The van der Waals surface area contributed by atoms with Gasteiger partial charge in [0.15, 0.2) is 0 Å². The monoisotopic (exact) mass is 200 g/mol. The summed E-state index contributed by atoms with van der Waals surface area (Å²) in [5.41, 5.74) is 0. The number of rotatable bonds is 10. The van der Waals surface area contributed by atoms with E-state index in [2.05, 4.69) is 13.8 Å². The zero-order valence-corrected chi connectivity index (χ0v) is 10.1. The van der Waals surface area contributed by atoms with Crippen molar-refractivity contribution in [2.45, 2.75) is 71.6 Å². The first kappa shape index (κ1) is 14.0. The first-order chi connectivity index (χ1) is 6.77. The molecule has 0 bridgehead atoms. The SMILES string of the molecule is CC(C)CCCCCCCCCCO. The fourth-order valence-corrected chi connectivity index (χ4v) is 1.73. The molecule has 0 saturated heterocycles. The molecule has 0 aliphatic heterocycles. The third-order valence-electron chi connectivity index (χ3n) is 2.69. The van der Waals surface area contributed by atoms with Crippen molar-refractivity contribution in [1.29, 1.82) is 0 Å². The molecule has 0 spiro atoms. The zero-order valence-electron chi connectivity index (χ0n) is 10.1. The lowest BCUT2D eigenvalue weighted by Crippen LogP contribution is -1.87. The second kappa shape index (κ2) is 11.0. The minimum Gasteiger partial charge on any atom is -0.396 e. The number of hydrogen-bond donors (Lipinski definition) is 1. The van der Waals surface area contributed by atoms with Crippen LogP contribution in [0.5, 0.6) is 0 Å². The van der Waals surface area contributed by atoms with E-state index in [1.807, 2.05) is 0 Å². The van der Waals surface area contributed by atoms with Crippen molar-refractivity contribution in [3.8, 4) is 0 Å². The van der Waals surface area contributed by atoms with Crippen LogP contribution in [0.3, 0.4) is 0 Å². The van der Waals surface area contributed by atoms with Crippen LogP contribution < -0.4 is 0 Å². The molecule has 1 N–H and O–H groups in total. The van der Waals surface area contributed by atoms with E-state index in [9.17, 15) is 0 Å². The Balaban J connectivity index is 2.85. The molecule has 0 aromatic heterocycles. The summed E-state index contributed by atoms with van der Waals surface area (Å²) in [6.45, 7) is 4.97. The van der Waals surface area contributed by atoms with Gasteiger partial charge in [-0.15, -0.1) is 0 Å². The molecule has 1 heteroatoms. The van der Waals surface area contributed by atoms with Gasteiger partial charge in [-0.25, -0.2) is 0 Å². The van der Waals surface area contributed by atoms with Crippen LogP contribution >= 0.6 is 0 Å². The Bertz CT molecular complexity index is 99.4. The summed E-state index contributed by atoms with van der Waals surface area (Å²) < 4.78 is 0. The van der Waals surface area contributed by atoms with Crippen LogP contribution in [0.25, 0.3) is 0 Å². The number of hydrogen-bond acceptors (Lipinski definition) is 1. The number of aliphatic hydroxyl groups excluding tert-OH is 1. The first-order valence-corrected chi connectivity index (χ1v) is 6.38. The van der Waals surface area contributed by atoms with E-state index < -0.39 is 0 Å². The van der Waals surface area contributed by atoms with Gasteiger partial charge < -0.3 is 5.11 Å². The summed E-state index contributed by atoms with van der Waals surface area (Å²) in [6.07, 6.45) is 11.9. The van der Waals surface area contributed by atoms with Crippen molar-refractivity contribution in [2.24, 2.45) is 5.92 Å². The van der Waals surface area contributed by atoms with Gasteiger partial charge >= 0.3 is 0 Å². The highest BCUT2D eigenvalue weighted by atomic mass is 16.2. The summed E-state index contributed by atoms with van der Waals surface area (Å²) >= 11 is 0. The molecule has 0 aliphatic rings. The maximum Gasteiger partial charge on any atom is 0.0431 e. The lowest BCUT2D eigenvalue weighted by Gasteiger charge is -2.04. The zero-order chi connectivity index (χ0) is 10.6. The van der Waals surface area contributed by atoms with E-state index in [0.717, 1.165) is 12.3 Å². The van der Waals surface area contributed by atoms with Crippen LogP contribution in [0, 0.1) is 5.92 Å². The normalized spacial score (nSPS) is 11.1. The second-order valence-electron chi connectivity index (χ2n) is 4.73. The molecule has 14 heavy (non-hydrogen) atoms. The maximum atomic E-state index is 8.59. The highest BCUT2D eigenvalue weighted by Crippen LogP contribution is 2.12. The Morgan fingerprint density at radius 3 is 1.57 bits per heavy atom. The first-order valence-electron chi connectivity index (χ1n) is 6.38. The van der Waals surface area contributed by atoms with E-state index in [0.29, 0.717) is 6.61 Å². The molecule has 0 atom stereocenters. The predicted octanol–water partition coefficient (Wildman–Crippen LogP) is 4.15. The van der Waals surface area contributed by atoms with Gasteiger partial charge in [-0.05, 0) is 12.3 Å². The number of aliphatic hydroxyl groups is 1. The minimum atomic E-state index is 0.369. The molecule has 0 amide bonds. The van der Waals surface area contributed by atoms with E-state index in [4.69, 9.17) is 5.11 Å². The second-order valence-corrected chi connectivity index (χ2v) is 4.73. The minimum absolute atomic E-state index is 0.369. The fourth-order valence-electron chi connectivity index (χ4n) is 1.73. The molecular formula is C13H28O. The Labute approximate surface area is 89.9 Å². The van der Waals surface area contributed by atoms with Crippen molar-refractivity contribution in [3.05, 3.63) is 0 Å². The van der Waals surface area contributed by atoms with Crippen LogP contribution in [-0.4, -0.2) is 11.7 Å². The van der Waals surface area contributed by atoms with E-state index in [1.165, 1.54) is 51.4 Å². The van der Waals surface area contributed by atoms with Gasteiger partial charge in [-0.3, -0.25) is 0 Å². The van der Waals surface area contributed by atoms with Crippen LogP contribution in [0.1, 0.15) is 71.6 Å². The molecule has 86 valence electrons. The van der Waals surface area contributed by atoms with Gasteiger partial charge in [0.1, 0.15) is 0 Å². The van der Waals surface area contributed by atoms with Crippen LogP contribution in [0.4, 0.5) is 0 Å². The largest absolute Gasteiger partial charge is 0.396 e. The van der Waals surface area contributed by atoms with Gasteiger partial charge in [-0.2, -0.15) is 0 Å². The molecule has 1 nitrogen and oxygen atoms in total. The molecule has 0 aliphatic carbocycles. The Kier molecular flexibility index (Phi) is 11.0. The van der Waals surface area contributed by atoms with E-state index >= 15 is 0 Å². The third-order valence-corrected chi connectivity index (χ3v) is 2.69. The lowest BCUT2D eigenvalue weighted by atomic mass is 10.0. The predicted molar refractivity (Wildman–Crippen MR) is 63.5 cm³/mol. The molecule has 0 aromatic carbocycles. The molecular weight excluding hydrogens is 172 g/mol. The highest BCUT2D eigenvalue weighted by Gasteiger charge is 1.94. The van der Waals surface area contributed by atoms with Gasteiger partial charge in [0, 0.05) is 6.61 Å². The summed E-state index contributed by atoms with van der Waals surface area (Å²) in [7, 11) is 0. The van der Waals surface area contributed by atoms with Crippen molar-refractivity contribution >= 4 is 0 Å². The van der Waals surface area contributed by atoms with Gasteiger partial charge in [0.25, 0.3) is 0 Å². The van der Waals surface area contributed by atoms with Crippen LogP contribution in [0.15, 0.2) is 0 Å². The smallest absolute Gasteiger partial charge is 0.0431 e. The molecule has 0 heterocycles. The third kappa shape index (κ3) is 12.0. The fraction of sp³-hybridized carbons (Fsp3) is 1.00. The van der Waals surface area contributed by atoms with Crippen molar-refractivity contribution in [2.75, 3.05) is 6.61 Å². The average molecular weight is 200 g/mol. The van der Waals surface area contributed by atoms with E-state index in [1.54, 1.807) is 0 Å². The van der Waals surface area contributed by atoms with Crippen LogP contribution in [-0.2, 0) is 0 Å². The molecule has 0 rings (SSSR count). The Morgan fingerprint density at radius 2 is 1.14 bits per heavy atom. The molecule has 0 unspecified atom stereocenters. The topological polar surface area (TPSA) is 20.2 Å². The summed E-state index contributed by atoms with van der Waals surface area (Å²) in [5.74, 6) is 0.875. The standard InChI is InChI=1S/C13H28O/c1-13(2)11-9-7-5-3-4-6-8-10-12-14/h13-14H,3-12H2,1-2H3. The highest BCUT2D eigenvalue weighted by molar-refractivity contribution is 4.49. The molecule has 0 aromatic rings. The molecule has 0 fully saturated rings. The van der Waals surface area contributed by atoms with Gasteiger partial charge in [0.2, 0.25) is 0 Å². The summed E-state index contributed by atoms with van der Waals surface area (Å²) in [6, 6.07) is 0.